The molecule has 0 heterocycles. The van der Waals surface area contributed by atoms with E-state index in [0.29, 0.717) is 19.3 Å². The van der Waals surface area contributed by atoms with E-state index in [-0.39, 0.29) is 50.4 Å². The van der Waals surface area contributed by atoms with Crippen LogP contribution >= 0.6 is 0 Å². The number of esters is 3. The van der Waals surface area contributed by atoms with E-state index in [2.05, 4.69) is 87.6 Å². The van der Waals surface area contributed by atoms with Gasteiger partial charge in [-0.1, -0.05) is 219 Å². The molecule has 1 unspecified atom stereocenters. The molecule has 64 heavy (non-hydrogen) atoms. The van der Waals surface area contributed by atoms with E-state index in [1.807, 2.05) is 54.7 Å². The molecule has 1 atom stereocenters. The summed E-state index contributed by atoms with van der Waals surface area (Å²) >= 11 is 0. The highest BCUT2D eigenvalue weighted by Gasteiger charge is 2.19. The molecular weight excluding hydrogens is 793 g/mol. The van der Waals surface area contributed by atoms with Crippen molar-refractivity contribution in [1.29, 1.82) is 0 Å². The molecule has 0 saturated carbocycles. The van der Waals surface area contributed by atoms with Crippen LogP contribution in [0.1, 0.15) is 207 Å². The van der Waals surface area contributed by atoms with Crippen molar-refractivity contribution in [2.75, 3.05) is 13.2 Å². The summed E-state index contributed by atoms with van der Waals surface area (Å²) in [6.45, 7) is 6.33. The predicted molar refractivity (Wildman–Crippen MR) is 274 cm³/mol. The van der Waals surface area contributed by atoms with Crippen molar-refractivity contribution in [3.05, 3.63) is 122 Å². The van der Waals surface area contributed by atoms with Crippen molar-refractivity contribution in [2.24, 2.45) is 0 Å². The van der Waals surface area contributed by atoms with Crippen molar-refractivity contribution in [1.82, 2.24) is 0 Å². The molecule has 0 aliphatic rings. The highest BCUT2D eigenvalue weighted by molar-refractivity contribution is 5.71. The van der Waals surface area contributed by atoms with Crippen LogP contribution in [0.5, 0.6) is 0 Å². The van der Waals surface area contributed by atoms with Crippen molar-refractivity contribution < 1.29 is 28.6 Å². The minimum absolute atomic E-state index is 0.141. The zero-order valence-electron chi connectivity index (χ0n) is 41.0. The number of unbranched alkanes of at least 4 members (excludes halogenated alkanes) is 18. The van der Waals surface area contributed by atoms with Crippen molar-refractivity contribution in [3.8, 4) is 0 Å². The molecule has 0 fully saturated rings. The Balaban J connectivity index is 4.62. The minimum atomic E-state index is -0.844. The molecule has 0 aromatic carbocycles. The van der Waals surface area contributed by atoms with Gasteiger partial charge in [0.25, 0.3) is 0 Å². The minimum Gasteiger partial charge on any atom is -0.462 e. The number of hydrogen-bond donors (Lipinski definition) is 0. The lowest BCUT2D eigenvalue weighted by molar-refractivity contribution is -0.167. The summed E-state index contributed by atoms with van der Waals surface area (Å²) < 4.78 is 16.6. The Morgan fingerprint density at radius 1 is 0.344 bits per heavy atom. The van der Waals surface area contributed by atoms with Gasteiger partial charge < -0.3 is 14.2 Å². The van der Waals surface area contributed by atoms with Crippen LogP contribution in [0.4, 0.5) is 0 Å². The van der Waals surface area contributed by atoms with Gasteiger partial charge in [0.05, 0.1) is 0 Å². The first-order chi connectivity index (χ1) is 31.5. The second kappa shape index (κ2) is 51.4. The van der Waals surface area contributed by atoms with Crippen LogP contribution in [0.25, 0.3) is 0 Å². The second-order valence-corrected chi connectivity index (χ2v) is 16.5. The summed E-state index contributed by atoms with van der Waals surface area (Å²) in [6, 6.07) is 0. The van der Waals surface area contributed by atoms with Gasteiger partial charge >= 0.3 is 17.9 Å². The third kappa shape index (κ3) is 48.8. The highest BCUT2D eigenvalue weighted by Crippen LogP contribution is 2.11. The number of allylic oxidation sites excluding steroid dienone is 20. The fraction of sp³-hybridized carbons (Fsp3) is 0.603. The lowest BCUT2D eigenvalue weighted by Gasteiger charge is -2.18. The summed E-state index contributed by atoms with van der Waals surface area (Å²) in [7, 11) is 0. The molecule has 0 bridgehead atoms. The Morgan fingerprint density at radius 2 is 0.688 bits per heavy atom. The van der Waals surface area contributed by atoms with Gasteiger partial charge in [-0.25, -0.2) is 0 Å². The molecule has 6 nitrogen and oxygen atoms in total. The number of rotatable bonds is 44. The molecule has 0 aromatic heterocycles. The maximum absolute atomic E-state index is 12.8. The second-order valence-electron chi connectivity index (χ2n) is 16.5. The van der Waals surface area contributed by atoms with Crippen molar-refractivity contribution in [2.45, 2.75) is 213 Å². The number of carbonyl (C=O) groups is 3. The average Bonchev–Trinajstić information content (AvgIpc) is 3.29. The van der Waals surface area contributed by atoms with E-state index in [1.165, 1.54) is 89.9 Å². The lowest BCUT2D eigenvalue weighted by atomic mass is 10.1. The Hall–Kier alpha value is -4.19. The predicted octanol–water partition coefficient (Wildman–Crippen LogP) is 16.9. The Bertz CT molecular complexity index is 1390. The quantitative estimate of drug-likeness (QED) is 0.0199. The van der Waals surface area contributed by atoms with Crippen molar-refractivity contribution in [3.63, 3.8) is 0 Å². The van der Waals surface area contributed by atoms with Crippen LogP contribution < -0.4 is 0 Å². The Kier molecular flexibility index (Phi) is 48.1. The van der Waals surface area contributed by atoms with E-state index in [9.17, 15) is 14.4 Å². The standard InChI is InChI=1S/C58H92O6/c1-4-7-10-13-16-19-22-25-27-29-31-33-36-39-42-45-48-51-57(60)63-54-55(53-62-56(59)50-47-44-41-38-35-32-24-21-18-15-12-9-6-3)64-58(61)52-49-46-43-40-37-34-30-28-26-23-20-17-14-11-8-5-2/h9,12,15,18,21,24-25,27-28,30-35,37-39,41-42,55H,4-8,10-11,13-14,16-17,19-20,22-23,26,29,36,40,43-54H2,1-3H3/b12-9-,18-15-,24-21-,27-25-,30-28-,33-31-,35-32-,37-34-,41-38-,42-39-. The van der Waals surface area contributed by atoms with Crippen LogP contribution in [0.15, 0.2) is 122 Å². The smallest absolute Gasteiger partial charge is 0.306 e. The van der Waals surface area contributed by atoms with Gasteiger partial charge in [-0.05, 0) is 89.9 Å². The fourth-order valence-electron chi connectivity index (χ4n) is 6.48. The third-order valence-electron chi connectivity index (χ3n) is 10.3. The molecule has 0 aliphatic carbocycles. The van der Waals surface area contributed by atoms with Gasteiger partial charge in [0.1, 0.15) is 13.2 Å². The monoisotopic (exact) mass is 885 g/mol. The third-order valence-corrected chi connectivity index (χ3v) is 10.3. The molecule has 0 spiro atoms. The van der Waals surface area contributed by atoms with Gasteiger partial charge in [-0.3, -0.25) is 14.4 Å². The largest absolute Gasteiger partial charge is 0.462 e. The van der Waals surface area contributed by atoms with E-state index < -0.39 is 6.10 Å². The fourth-order valence-corrected chi connectivity index (χ4v) is 6.48. The summed E-state index contributed by atoms with van der Waals surface area (Å²) in [4.78, 5) is 37.9. The molecule has 0 aromatic rings. The van der Waals surface area contributed by atoms with Crippen LogP contribution in [0, 0.1) is 0 Å². The van der Waals surface area contributed by atoms with Gasteiger partial charge in [-0.2, -0.15) is 0 Å². The first kappa shape index (κ1) is 59.8. The summed E-state index contributed by atoms with van der Waals surface area (Å²) in [6.07, 6.45) is 70.6. The summed E-state index contributed by atoms with van der Waals surface area (Å²) in [5.74, 6) is -1.10. The first-order valence-corrected chi connectivity index (χ1v) is 25.6. The summed E-state index contributed by atoms with van der Waals surface area (Å²) in [5, 5.41) is 0. The molecule has 0 amide bonds. The van der Waals surface area contributed by atoms with E-state index in [0.717, 1.165) is 57.8 Å². The highest BCUT2D eigenvalue weighted by atomic mass is 16.6. The molecule has 6 heteroatoms. The zero-order valence-corrected chi connectivity index (χ0v) is 41.0. The summed E-state index contributed by atoms with van der Waals surface area (Å²) in [5.41, 5.74) is 0. The molecule has 0 aliphatic heterocycles. The lowest BCUT2D eigenvalue weighted by Crippen LogP contribution is -2.30. The maximum atomic E-state index is 12.8. The van der Waals surface area contributed by atoms with Crippen LogP contribution in [-0.2, 0) is 28.6 Å². The zero-order chi connectivity index (χ0) is 46.5. The van der Waals surface area contributed by atoms with Crippen LogP contribution in [-0.4, -0.2) is 37.2 Å². The van der Waals surface area contributed by atoms with E-state index >= 15 is 0 Å². The first-order valence-electron chi connectivity index (χ1n) is 25.6. The molecule has 360 valence electrons. The van der Waals surface area contributed by atoms with Gasteiger partial charge in [0, 0.05) is 19.3 Å². The Morgan fingerprint density at radius 3 is 1.17 bits per heavy atom. The van der Waals surface area contributed by atoms with Crippen LogP contribution in [0.2, 0.25) is 0 Å². The van der Waals surface area contributed by atoms with Gasteiger partial charge in [0.2, 0.25) is 0 Å². The number of ether oxygens (including phenoxy) is 3. The number of hydrogen-bond acceptors (Lipinski definition) is 6. The molecule has 0 saturated heterocycles. The SMILES string of the molecule is CC\C=C/C=C\C=C/C=C\C=C/CCCC(=O)OCC(COC(=O)CCC/C=C\C/C=C\C/C=C\CCCCCCCC)OC(=O)CCCCC/C=C\C=C/CCCCCCCCC. The molecular formula is C58H92O6. The normalized spacial score (nSPS) is 13.1. The molecule has 0 N–H and O–H groups in total. The van der Waals surface area contributed by atoms with Crippen molar-refractivity contribution >= 4 is 17.9 Å². The van der Waals surface area contributed by atoms with E-state index in [4.69, 9.17) is 14.2 Å². The number of carbonyl (C=O) groups excluding carboxylic acids is 3. The molecule has 0 radical (unpaired) electrons. The van der Waals surface area contributed by atoms with Gasteiger partial charge in [-0.15, -0.1) is 0 Å². The van der Waals surface area contributed by atoms with Gasteiger partial charge in [0.15, 0.2) is 6.10 Å². The Labute approximate surface area is 392 Å². The maximum Gasteiger partial charge on any atom is 0.306 e. The topological polar surface area (TPSA) is 78.9 Å². The molecule has 0 rings (SSSR count). The van der Waals surface area contributed by atoms with Crippen LogP contribution in [0.3, 0.4) is 0 Å². The average molecular weight is 885 g/mol. The van der Waals surface area contributed by atoms with E-state index in [1.54, 1.807) is 0 Å².